The van der Waals surface area contributed by atoms with Gasteiger partial charge in [-0.3, -0.25) is 4.79 Å². The second-order valence-electron chi connectivity index (χ2n) is 7.51. The molecule has 3 heteroatoms. The number of halogens is 1. The van der Waals surface area contributed by atoms with Gasteiger partial charge in [0.2, 0.25) is 5.78 Å². The van der Waals surface area contributed by atoms with Crippen LogP contribution in [0.3, 0.4) is 0 Å². The first kappa shape index (κ1) is 24.4. The van der Waals surface area contributed by atoms with Gasteiger partial charge in [0.05, 0.1) is 0 Å². The van der Waals surface area contributed by atoms with Gasteiger partial charge in [-0.2, -0.15) is 0 Å². The number of ketones is 1. The van der Waals surface area contributed by atoms with Crippen molar-refractivity contribution in [1.29, 1.82) is 0 Å². The zero-order valence-corrected chi connectivity index (χ0v) is 18.9. The van der Waals surface area contributed by atoms with Gasteiger partial charge in [0.1, 0.15) is 0 Å². The number of unbranched alkanes of at least 4 members (excludes halogenated alkanes) is 13. The predicted molar refractivity (Wildman–Crippen MR) is 120 cm³/mol. The van der Waals surface area contributed by atoms with Crippen molar-refractivity contribution >= 4 is 21.7 Å². The summed E-state index contributed by atoms with van der Waals surface area (Å²) in [5, 5.41) is -0.526. The highest BCUT2D eigenvalue weighted by Gasteiger charge is 2.16. The third-order valence-corrected chi connectivity index (χ3v) is 5.71. The van der Waals surface area contributed by atoms with Crippen LogP contribution in [-0.4, -0.2) is 17.4 Å². The van der Waals surface area contributed by atoms with Gasteiger partial charge in [-0.1, -0.05) is 121 Å². The molecule has 2 nitrogen and oxygen atoms in total. The van der Waals surface area contributed by atoms with Crippen LogP contribution < -0.4 is 0 Å². The lowest BCUT2D eigenvalue weighted by molar-refractivity contribution is 0.0685. The van der Waals surface area contributed by atoms with Crippen LogP contribution in [0.2, 0.25) is 0 Å². The Kier molecular flexibility index (Phi) is 15.7. The number of Topliss-reactive ketones (excluding diaryl/α,β-unsaturated/α-hetero) is 1. The molecule has 27 heavy (non-hydrogen) atoms. The van der Waals surface area contributed by atoms with Crippen molar-refractivity contribution in [2.24, 2.45) is 0 Å². The van der Waals surface area contributed by atoms with Gasteiger partial charge in [0.15, 0.2) is 5.01 Å². The van der Waals surface area contributed by atoms with Crippen molar-refractivity contribution < 1.29 is 9.53 Å². The molecule has 0 fully saturated rings. The number of hydrogen-bond donors (Lipinski definition) is 0. The number of alkyl halides is 1. The van der Waals surface area contributed by atoms with E-state index in [4.69, 9.17) is 4.74 Å². The molecular weight excluding hydrogens is 400 g/mol. The minimum absolute atomic E-state index is 0.000892. The molecule has 0 radical (unpaired) electrons. The van der Waals surface area contributed by atoms with Crippen LogP contribution in [0.4, 0.5) is 0 Å². The molecule has 0 spiro atoms. The van der Waals surface area contributed by atoms with E-state index in [9.17, 15) is 4.79 Å². The van der Waals surface area contributed by atoms with E-state index in [1.165, 1.54) is 83.5 Å². The zero-order chi connectivity index (χ0) is 19.6. The van der Waals surface area contributed by atoms with Crippen molar-refractivity contribution in [3.05, 3.63) is 35.9 Å². The van der Waals surface area contributed by atoms with E-state index < -0.39 is 5.01 Å². The van der Waals surface area contributed by atoms with E-state index in [2.05, 4.69) is 22.9 Å². The maximum atomic E-state index is 12.2. The number of carbonyl (C=O) groups is 1. The maximum Gasteiger partial charge on any atom is 0.202 e. The first-order valence-electron chi connectivity index (χ1n) is 11.1. The lowest BCUT2D eigenvalue weighted by atomic mass is 10.0. The molecule has 1 aromatic carbocycles. The summed E-state index contributed by atoms with van der Waals surface area (Å²) in [6, 6.07) is 9.31. The molecule has 0 N–H and O–H groups in total. The van der Waals surface area contributed by atoms with Crippen molar-refractivity contribution in [2.75, 3.05) is 6.61 Å². The summed E-state index contributed by atoms with van der Waals surface area (Å²) in [6.07, 6.45) is 18.9. The van der Waals surface area contributed by atoms with E-state index in [1.54, 1.807) is 0 Å². The average molecular weight is 439 g/mol. The summed E-state index contributed by atoms with van der Waals surface area (Å²) in [6.45, 7) is 2.92. The molecular formula is C24H39BrO2. The minimum atomic E-state index is -0.526. The van der Waals surface area contributed by atoms with Gasteiger partial charge < -0.3 is 4.74 Å². The molecule has 154 valence electrons. The number of rotatable bonds is 18. The van der Waals surface area contributed by atoms with Crippen molar-refractivity contribution in [1.82, 2.24) is 0 Å². The molecule has 0 aromatic heterocycles. The third kappa shape index (κ3) is 13.2. The molecule has 1 aromatic rings. The van der Waals surface area contributed by atoms with Gasteiger partial charge in [0.25, 0.3) is 0 Å². The van der Waals surface area contributed by atoms with E-state index in [-0.39, 0.29) is 5.78 Å². The minimum Gasteiger partial charge on any atom is -0.359 e. The Morgan fingerprint density at radius 2 is 1.22 bits per heavy atom. The monoisotopic (exact) mass is 438 g/mol. The lowest BCUT2D eigenvalue weighted by Gasteiger charge is -2.10. The van der Waals surface area contributed by atoms with Gasteiger partial charge in [0, 0.05) is 12.2 Å². The van der Waals surface area contributed by atoms with Gasteiger partial charge >= 0.3 is 0 Å². The Hall–Kier alpha value is -0.670. The SMILES string of the molecule is CCCCCCCCCCCCCCCCOC(Br)C(=O)c1ccccc1. The molecule has 0 amide bonds. The third-order valence-electron chi connectivity index (χ3n) is 5.03. The van der Waals surface area contributed by atoms with Crippen LogP contribution >= 0.6 is 15.9 Å². The summed E-state index contributed by atoms with van der Waals surface area (Å²) in [5.41, 5.74) is 0.695. The highest BCUT2D eigenvalue weighted by atomic mass is 79.9. The summed E-state index contributed by atoms with van der Waals surface area (Å²) in [5.74, 6) is 0.000892. The molecule has 1 atom stereocenters. The molecule has 0 saturated heterocycles. The van der Waals surface area contributed by atoms with E-state index >= 15 is 0 Å². The van der Waals surface area contributed by atoms with Crippen LogP contribution in [0.15, 0.2) is 30.3 Å². The van der Waals surface area contributed by atoms with E-state index in [0.29, 0.717) is 12.2 Å². The van der Waals surface area contributed by atoms with Gasteiger partial charge in [-0.25, -0.2) is 0 Å². The molecule has 0 heterocycles. The molecule has 0 bridgehead atoms. The fourth-order valence-corrected chi connectivity index (χ4v) is 3.74. The molecule has 0 saturated carbocycles. The topological polar surface area (TPSA) is 26.3 Å². The summed E-state index contributed by atoms with van der Waals surface area (Å²) in [7, 11) is 0. The summed E-state index contributed by atoms with van der Waals surface area (Å²) >= 11 is 3.35. The quantitative estimate of drug-likeness (QED) is 0.131. The second-order valence-corrected chi connectivity index (χ2v) is 8.34. The van der Waals surface area contributed by atoms with Crippen LogP contribution in [0.25, 0.3) is 0 Å². The summed E-state index contributed by atoms with van der Waals surface area (Å²) in [4.78, 5) is 12.2. The van der Waals surface area contributed by atoms with Crippen molar-refractivity contribution in [3.63, 3.8) is 0 Å². The standard InChI is InChI=1S/C24H39BrO2/c1-2-3-4-5-6-7-8-9-10-11-12-13-14-18-21-27-24(25)23(26)22-19-16-15-17-20-22/h15-17,19-20,24H,2-14,18,21H2,1H3. The maximum absolute atomic E-state index is 12.2. The van der Waals surface area contributed by atoms with Crippen LogP contribution in [-0.2, 0) is 4.74 Å². The Balaban J connectivity index is 1.84. The smallest absolute Gasteiger partial charge is 0.202 e. The van der Waals surface area contributed by atoms with Crippen LogP contribution in [0, 0.1) is 0 Å². The Morgan fingerprint density at radius 3 is 1.70 bits per heavy atom. The largest absolute Gasteiger partial charge is 0.359 e. The zero-order valence-electron chi connectivity index (χ0n) is 17.3. The molecule has 0 aliphatic carbocycles. The normalized spacial score (nSPS) is 12.2. The van der Waals surface area contributed by atoms with E-state index in [0.717, 1.165) is 6.42 Å². The molecule has 1 rings (SSSR count). The lowest BCUT2D eigenvalue weighted by Crippen LogP contribution is -2.18. The Labute approximate surface area is 175 Å². The summed E-state index contributed by atoms with van der Waals surface area (Å²) < 4.78 is 5.63. The van der Waals surface area contributed by atoms with Gasteiger partial charge in [-0.15, -0.1) is 0 Å². The first-order valence-corrected chi connectivity index (χ1v) is 12.0. The fraction of sp³-hybridized carbons (Fsp3) is 0.708. The van der Waals surface area contributed by atoms with Crippen molar-refractivity contribution in [3.8, 4) is 0 Å². The average Bonchev–Trinajstić information content (AvgIpc) is 2.70. The number of ether oxygens (including phenoxy) is 1. The number of benzene rings is 1. The van der Waals surface area contributed by atoms with Gasteiger partial charge in [-0.05, 0) is 22.4 Å². The van der Waals surface area contributed by atoms with E-state index in [1.807, 2.05) is 30.3 Å². The molecule has 0 aliphatic heterocycles. The highest BCUT2D eigenvalue weighted by Crippen LogP contribution is 2.14. The molecule has 1 unspecified atom stereocenters. The fourth-order valence-electron chi connectivity index (χ4n) is 3.29. The number of carbonyl (C=O) groups excluding carboxylic acids is 1. The van der Waals surface area contributed by atoms with Crippen molar-refractivity contribution in [2.45, 2.75) is 102 Å². The van der Waals surface area contributed by atoms with Crippen LogP contribution in [0.1, 0.15) is 107 Å². The predicted octanol–water partition coefficient (Wildman–Crippen LogP) is 8.09. The Bertz CT molecular complexity index is 461. The first-order chi connectivity index (χ1) is 13.3. The molecule has 0 aliphatic rings. The number of hydrogen-bond acceptors (Lipinski definition) is 2. The highest BCUT2D eigenvalue weighted by molar-refractivity contribution is 9.09. The Morgan fingerprint density at radius 1 is 0.778 bits per heavy atom. The van der Waals surface area contributed by atoms with Crippen LogP contribution in [0.5, 0.6) is 0 Å². The second kappa shape index (κ2) is 17.4.